The number of anilines is 1. The van der Waals surface area contributed by atoms with Crippen molar-refractivity contribution >= 4 is 37.5 Å². The molecule has 2 aromatic rings. The first-order valence-corrected chi connectivity index (χ1v) is 10.6. The van der Waals surface area contributed by atoms with Gasteiger partial charge in [0.2, 0.25) is 15.9 Å². The van der Waals surface area contributed by atoms with Gasteiger partial charge in [-0.3, -0.25) is 4.79 Å². The summed E-state index contributed by atoms with van der Waals surface area (Å²) in [5, 5.41) is 2.74. The van der Waals surface area contributed by atoms with Gasteiger partial charge in [-0.05, 0) is 49.2 Å². The Kier molecular flexibility index (Phi) is 7.41. The lowest BCUT2D eigenvalue weighted by Crippen LogP contribution is -2.23. The summed E-state index contributed by atoms with van der Waals surface area (Å²) in [7, 11) is -0.608. The highest BCUT2D eigenvalue weighted by molar-refractivity contribution is 9.10. The minimum Gasteiger partial charge on any atom is -0.494 e. The molecular weight excluding hydrogens is 432 g/mol. The molecule has 0 aromatic heterocycles. The molecule has 1 N–H and O–H groups in total. The number of amides is 1. The van der Waals surface area contributed by atoms with E-state index in [4.69, 9.17) is 4.74 Å². The van der Waals surface area contributed by atoms with Crippen molar-refractivity contribution in [2.45, 2.75) is 24.7 Å². The van der Waals surface area contributed by atoms with Gasteiger partial charge in [0.25, 0.3) is 0 Å². The van der Waals surface area contributed by atoms with E-state index in [0.29, 0.717) is 24.3 Å². The summed E-state index contributed by atoms with van der Waals surface area (Å²) < 4.78 is 32.4. The Morgan fingerprint density at radius 3 is 2.59 bits per heavy atom. The molecule has 0 spiro atoms. The first kappa shape index (κ1) is 21.4. The molecule has 146 valence electrons. The number of nitrogens with one attached hydrogen (secondary N) is 1. The molecule has 0 bridgehead atoms. The molecule has 8 heteroatoms. The number of aryl methyl sites for hydroxylation is 1. The quantitative estimate of drug-likeness (QED) is 0.615. The standard InChI is InChI=1S/C19H23BrN2O4S/c1-14-9-10-16(13-18(14)27(24,25)22(2)3)21-19(23)8-5-11-26-17-7-4-6-15(20)12-17/h4,6-7,9-10,12-13H,5,8,11H2,1-3H3,(H,21,23). The van der Waals surface area contributed by atoms with E-state index in [9.17, 15) is 13.2 Å². The molecule has 0 saturated heterocycles. The average molecular weight is 455 g/mol. The maximum Gasteiger partial charge on any atom is 0.242 e. The van der Waals surface area contributed by atoms with Crippen molar-refractivity contribution in [1.29, 1.82) is 0 Å². The van der Waals surface area contributed by atoms with Gasteiger partial charge in [-0.15, -0.1) is 0 Å². The van der Waals surface area contributed by atoms with Gasteiger partial charge in [0, 0.05) is 30.7 Å². The Labute approximate surface area is 168 Å². The fourth-order valence-corrected chi connectivity index (χ4v) is 3.88. The summed E-state index contributed by atoms with van der Waals surface area (Å²) in [5.74, 6) is 0.548. The van der Waals surface area contributed by atoms with Crippen molar-refractivity contribution in [3.8, 4) is 5.75 Å². The summed E-state index contributed by atoms with van der Waals surface area (Å²) in [5.41, 5.74) is 1.09. The number of carbonyl (C=O) groups excluding carboxylic acids is 1. The van der Waals surface area contributed by atoms with E-state index in [-0.39, 0.29) is 17.2 Å². The number of halogens is 1. The summed E-state index contributed by atoms with van der Waals surface area (Å²) in [6.45, 7) is 2.14. The molecule has 0 saturated carbocycles. The molecule has 6 nitrogen and oxygen atoms in total. The number of rotatable bonds is 8. The van der Waals surface area contributed by atoms with Crippen molar-refractivity contribution < 1.29 is 17.9 Å². The predicted octanol–water partition coefficient (Wildman–Crippen LogP) is 3.81. The average Bonchev–Trinajstić information content (AvgIpc) is 2.60. The van der Waals surface area contributed by atoms with Gasteiger partial charge >= 0.3 is 0 Å². The van der Waals surface area contributed by atoms with Crippen molar-refractivity contribution in [3.05, 3.63) is 52.5 Å². The third-order valence-electron chi connectivity index (χ3n) is 3.84. The van der Waals surface area contributed by atoms with Crippen LogP contribution in [0.4, 0.5) is 5.69 Å². The summed E-state index contributed by atoms with van der Waals surface area (Å²) in [6, 6.07) is 12.4. The van der Waals surface area contributed by atoms with E-state index < -0.39 is 10.0 Å². The van der Waals surface area contributed by atoms with Crippen LogP contribution in [-0.2, 0) is 14.8 Å². The number of benzene rings is 2. The third kappa shape index (κ3) is 6.05. The lowest BCUT2D eigenvalue weighted by molar-refractivity contribution is -0.116. The second-order valence-electron chi connectivity index (χ2n) is 6.23. The van der Waals surface area contributed by atoms with E-state index in [1.54, 1.807) is 19.1 Å². The second-order valence-corrected chi connectivity index (χ2v) is 9.26. The van der Waals surface area contributed by atoms with Gasteiger partial charge in [0.05, 0.1) is 11.5 Å². The largest absolute Gasteiger partial charge is 0.494 e. The highest BCUT2D eigenvalue weighted by Gasteiger charge is 2.20. The fourth-order valence-electron chi connectivity index (χ4n) is 2.36. The van der Waals surface area contributed by atoms with Gasteiger partial charge in [0.1, 0.15) is 5.75 Å². The molecule has 27 heavy (non-hydrogen) atoms. The number of hydrogen-bond acceptors (Lipinski definition) is 4. The van der Waals surface area contributed by atoms with Crippen molar-refractivity contribution in [2.75, 3.05) is 26.0 Å². The van der Waals surface area contributed by atoms with E-state index in [1.165, 1.54) is 20.2 Å². The molecule has 0 fully saturated rings. The summed E-state index contributed by atoms with van der Waals surface area (Å²) in [6.07, 6.45) is 0.824. The molecule has 0 aliphatic rings. The van der Waals surface area contributed by atoms with Crippen LogP contribution in [0.5, 0.6) is 5.75 Å². The van der Waals surface area contributed by atoms with Crippen LogP contribution in [-0.4, -0.2) is 39.3 Å². The minimum absolute atomic E-state index is 0.184. The highest BCUT2D eigenvalue weighted by atomic mass is 79.9. The molecule has 2 aromatic carbocycles. The van der Waals surface area contributed by atoms with Gasteiger partial charge in [-0.1, -0.05) is 28.1 Å². The molecule has 0 unspecified atom stereocenters. The molecule has 2 rings (SSSR count). The van der Waals surface area contributed by atoms with Gasteiger partial charge in [-0.2, -0.15) is 0 Å². The minimum atomic E-state index is -3.56. The molecule has 0 heterocycles. The number of nitrogens with zero attached hydrogens (tertiary/aromatic N) is 1. The molecule has 0 aliphatic carbocycles. The zero-order valence-corrected chi connectivity index (χ0v) is 17.9. The Hall–Kier alpha value is -1.90. The number of hydrogen-bond donors (Lipinski definition) is 1. The van der Waals surface area contributed by atoms with Crippen LogP contribution >= 0.6 is 15.9 Å². The number of ether oxygens (including phenoxy) is 1. The number of sulfonamides is 1. The van der Waals surface area contributed by atoms with Crippen LogP contribution < -0.4 is 10.1 Å². The molecule has 0 aliphatic heterocycles. The summed E-state index contributed by atoms with van der Waals surface area (Å²) in [4.78, 5) is 12.3. The van der Waals surface area contributed by atoms with Crippen LogP contribution in [0.2, 0.25) is 0 Å². The topological polar surface area (TPSA) is 75.7 Å². The van der Waals surface area contributed by atoms with E-state index in [0.717, 1.165) is 14.5 Å². The first-order valence-electron chi connectivity index (χ1n) is 8.41. The van der Waals surface area contributed by atoms with Gasteiger partial charge in [0.15, 0.2) is 0 Å². The lowest BCUT2D eigenvalue weighted by atomic mass is 10.2. The molecule has 1 amide bonds. The monoisotopic (exact) mass is 454 g/mol. The van der Waals surface area contributed by atoms with Crippen molar-refractivity contribution in [1.82, 2.24) is 4.31 Å². The second kappa shape index (κ2) is 9.34. The normalized spacial score (nSPS) is 11.4. The molecule has 0 radical (unpaired) electrons. The van der Waals surface area contributed by atoms with E-state index >= 15 is 0 Å². The van der Waals surface area contributed by atoms with Crippen LogP contribution in [0.1, 0.15) is 18.4 Å². The van der Waals surface area contributed by atoms with Crippen molar-refractivity contribution in [2.24, 2.45) is 0 Å². The lowest BCUT2D eigenvalue weighted by Gasteiger charge is -2.15. The van der Waals surface area contributed by atoms with E-state index in [2.05, 4.69) is 21.2 Å². The molecular formula is C19H23BrN2O4S. The van der Waals surface area contributed by atoms with Crippen LogP contribution in [0.3, 0.4) is 0 Å². The third-order valence-corrected chi connectivity index (χ3v) is 6.29. The summed E-state index contributed by atoms with van der Waals surface area (Å²) >= 11 is 3.38. The predicted molar refractivity (Wildman–Crippen MR) is 110 cm³/mol. The Morgan fingerprint density at radius 1 is 1.19 bits per heavy atom. The maximum absolute atomic E-state index is 12.4. The zero-order valence-electron chi connectivity index (χ0n) is 15.5. The number of carbonyl (C=O) groups is 1. The van der Waals surface area contributed by atoms with Gasteiger partial charge < -0.3 is 10.1 Å². The van der Waals surface area contributed by atoms with Crippen LogP contribution in [0.15, 0.2) is 51.8 Å². The van der Waals surface area contributed by atoms with Crippen LogP contribution in [0.25, 0.3) is 0 Å². The van der Waals surface area contributed by atoms with Gasteiger partial charge in [-0.25, -0.2) is 12.7 Å². The van der Waals surface area contributed by atoms with E-state index in [1.807, 2.05) is 24.3 Å². The van der Waals surface area contributed by atoms with Crippen LogP contribution in [0, 0.1) is 6.92 Å². The maximum atomic E-state index is 12.4. The first-order chi connectivity index (χ1) is 12.7. The Bertz CT molecular complexity index is 914. The fraction of sp³-hybridized carbons (Fsp3) is 0.316. The molecule has 0 atom stereocenters. The van der Waals surface area contributed by atoms with Crippen molar-refractivity contribution in [3.63, 3.8) is 0 Å². The Morgan fingerprint density at radius 2 is 1.93 bits per heavy atom. The SMILES string of the molecule is Cc1ccc(NC(=O)CCCOc2cccc(Br)c2)cc1S(=O)(=O)N(C)C. The Balaban J connectivity index is 1.90. The zero-order chi connectivity index (χ0) is 20.0. The smallest absolute Gasteiger partial charge is 0.242 e. The highest BCUT2D eigenvalue weighted by Crippen LogP contribution is 2.22.